The van der Waals surface area contributed by atoms with E-state index in [2.05, 4.69) is 9.97 Å². The van der Waals surface area contributed by atoms with Gasteiger partial charge in [-0.2, -0.15) is 0 Å². The second-order valence-electron chi connectivity index (χ2n) is 4.81. The number of hydrogen-bond acceptors (Lipinski definition) is 7. The third kappa shape index (κ3) is 3.04. The van der Waals surface area contributed by atoms with E-state index in [4.69, 9.17) is 4.74 Å². The fourth-order valence-electron chi connectivity index (χ4n) is 2.25. The zero-order chi connectivity index (χ0) is 14.7. The van der Waals surface area contributed by atoms with Gasteiger partial charge in [-0.25, -0.2) is 9.37 Å². The van der Waals surface area contributed by atoms with Crippen LogP contribution in [0.1, 0.15) is 5.69 Å². The number of aliphatic hydroxyl groups excluding tert-OH is 3. The zero-order valence-electron chi connectivity index (χ0n) is 11.1. The van der Waals surface area contributed by atoms with E-state index < -0.39 is 31.0 Å². The molecular formula is C12H18FN3O4. The summed E-state index contributed by atoms with van der Waals surface area (Å²) in [5.74, 6) is 0.0900. The average Bonchev–Trinajstić information content (AvgIpc) is 2.45. The van der Waals surface area contributed by atoms with Crippen molar-refractivity contribution in [3.63, 3.8) is 0 Å². The fourth-order valence-corrected chi connectivity index (χ4v) is 2.25. The van der Waals surface area contributed by atoms with Crippen LogP contribution in [-0.4, -0.2) is 74.7 Å². The highest BCUT2D eigenvalue weighted by atomic mass is 19.1. The summed E-state index contributed by atoms with van der Waals surface area (Å²) < 4.78 is 18.0. The maximum Gasteiger partial charge on any atom is 0.233 e. The van der Waals surface area contributed by atoms with Crippen molar-refractivity contribution in [1.82, 2.24) is 14.9 Å². The smallest absolute Gasteiger partial charge is 0.233 e. The Labute approximate surface area is 115 Å². The molecular weight excluding hydrogens is 269 g/mol. The number of halogens is 1. The van der Waals surface area contributed by atoms with E-state index in [0.717, 1.165) is 0 Å². The standard InChI is InChI=1S/C12H18FN3O4/c1-16-5-9(12(19)11(18)8(16)6-17)20-10-4-14-3-7(2-13)15-10/h3-4,8-9,11-12,17-19H,2,5-6H2,1H3/t8-,9+,11+,12-/m1/s1. The number of piperidine rings is 1. The number of aromatic nitrogens is 2. The third-order valence-corrected chi connectivity index (χ3v) is 3.42. The molecule has 1 saturated heterocycles. The summed E-state index contributed by atoms with van der Waals surface area (Å²) in [7, 11) is 1.70. The van der Waals surface area contributed by atoms with E-state index in [0.29, 0.717) is 6.54 Å². The van der Waals surface area contributed by atoms with Gasteiger partial charge in [-0.1, -0.05) is 0 Å². The summed E-state index contributed by atoms with van der Waals surface area (Å²) in [6, 6.07) is -0.548. The molecule has 2 rings (SSSR count). The maximum absolute atomic E-state index is 12.5. The van der Waals surface area contributed by atoms with Gasteiger partial charge in [0.1, 0.15) is 25.0 Å². The van der Waals surface area contributed by atoms with Gasteiger partial charge in [0, 0.05) is 6.54 Å². The molecule has 20 heavy (non-hydrogen) atoms. The Hall–Kier alpha value is -1.35. The van der Waals surface area contributed by atoms with Crippen LogP contribution in [0.2, 0.25) is 0 Å². The molecule has 0 spiro atoms. The third-order valence-electron chi connectivity index (χ3n) is 3.42. The van der Waals surface area contributed by atoms with E-state index in [1.165, 1.54) is 12.4 Å². The van der Waals surface area contributed by atoms with Crippen molar-refractivity contribution in [2.24, 2.45) is 0 Å². The van der Waals surface area contributed by atoms with Crippen LogP contribution < -0.4 is 4.74 Å². The molecule has 0 bridgehead atoms. The van der Waals surface area contributed by atoms with Gasteiger partial charge in [-0.15, -0.1) is 0 Å². The SMILES string of the molecule is CN1C[C@H](Oc2cncc(CF)n2)[C@@H](O)[C@@H](O)[C@H]1CO. The van der Waals surface area contributed by atoms with Crippen molar-refractivity contribution >= 4 is 0 Å². The Morgan fingerprint density at radius 1 is 1.40 bits per heavy atom. The molecule has 1 fully saturated rings. The van der Waals surface area contributed by atoms with Crippen molar-refractivity contribution in [2.45, 2.75) is 31.0 Å². The van der Waals surface area contributed by atoms with Crippen LogP contribution >= 0.6 is 0 Å². The summed E-state index contributed by atoms with van der Waals surface area (Å²) in [5, 5.41) is 29.1. The molecule has 112 valence electrons. The minimum absolute atomic E-state index is 0.0900. The van der Waals surface area contributed by atoms with E-state index in [9.17, 15) is 19.7 Å². The van der Waals surface area contributed by atoms with Gasteiger partial charge in [0.05, 0.1) is 30.7 Å². The van der Waals surface area contributed by atoms with Gasteiger partial charge in [0.25, 0.3) is 0 Å². The molecule has 0 aliphatic carbocycles. The van der Waals surface area contributed by atoms with E-state index >= 15 is 0 Å². The van der Waals surface area contributed by atoms with Crippen molar-refractivity contribution in [2.75, 3.05) is 20.2 Å². The first-order valence-electron chi connectivity index (χ1n) is 6.27. The number of alkyl halides is 1. The molecule has 8 heteroatoms. The van der Waals surface area contributed by atoms with Gasteiger partial charge in [0.2, 0.25) is 5.88 Å². The van der Waals surface area contributed by atoms with Crippen LogP contribution in [0.3, 0.4) is 0 Å². The van der Waals surface area contributed by atoms with Gasteiger partial charge in [-0.3, -0.25) is 9.88 Å². The predicted molar refractivity (Wildman–Crippen MR) is 66.8 cm³/mol. The number of likely N-dealkylation sites (N-methyl/N-ethyl adjacent to an activating group) is 1. The molecule has 0 saturated carbocycles. The molecule has 7 nitrogen and oxygen atoms in total. The molecule has 1 aromatic rings. The highest BCUT2D eigenvalue weighted by Crippen LogP contribution is 2.21. The Morgan fingerprint density at radius 3 is 2.80 bits per heavy atom. The quantitative estimate of drug-likeness (QED) is 0.634. The fraction of sp³-hybridized carbons (Fsp3) is 0.667. The van der Waals surface area contributed by atoms with Gasteiger partial charge < -0.3 is 20.1 Å². The first-order valence-corrected chi connectivity index (χ1v) is 6.27. The van der Waals surface area contributed by atoms with Crippen molar-refractivity contribution in [1.29, 1.82) is 0 Å². The number of nitrogens with zero attached hydrogens (tertiary/aromatic N) is 3. The van der Waals surface area contributed by atoms with Crippen molar-refractivity contribution in [3.05, 3.63) is 18.1 Å². The Balaban J connectivity index is 2.09. The largest absolute Gasteiger partial charge is 0.469 e. The number of ether oxygens (including phenoxy) is 1. The summed E-state index contributed by atoms with van der Waals surface area (Å²) in [6.45, 7) is -0.726. The van der Waals surface area contributed by atoms with E-state index in [-0.39, 0.29) is 18.2 Å². The van der Waals surface area contributed by atoms with Gasteiger partial charge >= 0.3 is 0 Å². The lowest BCUT2D eigenvalue weighted by molar-refractivity contribution is -0.132. The lowest BCUT2D eigenvalue weighted by Gasteiger charge is -2.42. The van der Waals surface area contributed by atoms with Crippen LogP contribution in [0.15, 0.2) is 12.4 Å². The minimum Gasteiger partial charge on any atom is -0.469 e. The molecule has 3 N–H and O–H groups in total. The number of rotatable bonds is 4. The van der Waals surface area contributed by atoms with Gasteiger partial charge in [0.15, 0.2) is 0 Å². The summed E-state index contributed by atoms with van der Waals surface area (Å²) >= 11 is 0. The molecule has 4 atom stereocenters. The normalized spacial score (nSPS) is 31.2. The highest BCUT2D eigenvalue weighted by molar-refractivity contribution is 5.09. The van der Waals surface area contributed by atoms with Crippen molar-refractivity contribution in [3.8, 4) is 5.88 Å². The molecule has 0 unspecified atom stereocenters. The molecule has 1 aliphatic rings. The Morgan fingerprint density at radius 2 is 2.15 bits per heavy atom. The topological polar surface area (TPSA) is 98.9 Å². The Bertz CT molecular complexity index is 450. The monoisotopic (exact) mass is 287 g/mol. The number of aliphatic hydroxyl groups is 3. The first kappa shape index (κ1) is 15.0. The van der Waals surface area contributed by atoms with Gasteiger partial charge in [-0.05, 0) is 7.05 Å². The molecule has 1 aliphatic heterocycles. The number of likely N-dealkylation sites (tertiary alicyclic amines) is 1. The van der Waals surface area contributed by atoms with Crippen LogP contribution in [-0.2, 0) is 6.67 Å². The lowest BCUT2D eigenvalue weighted by Crippen LogP contribution is -2.62. The molecule has 0 radical (unpaired) electrons. The van der Waals surface area contributed by atoms with Crippen LogP contribution in [0, 0.1) is 0 Å². The summed E-state index contributed by atoms with van der Waals surface area (Å²) in [5.41, 5.74) is 0.134. The Kier molecular flexibility index (Phi) is 4.81. The molecule has 2 heterocycles. The molecule has 0 amide bonds. The predicted octanol–water partition coefficient (Wildman–Crippen LogP) is -1.28. The summed E-state index contributed by atoms with van der Waals surface area (Å²) in [4.78, 5) is 9.37. The first-order chi connectivity index (χ1) is 9.56. The summed E-state index contributed by atoms with van der Waals surface area (Å²) in [6.07, 6.45) is -0.439. The van der Waals surface area contributed by atoms with E-state index in [1.54, 1.807) is 11.9 Å². The molecule has 1 aromatic heterocycles. The van der Waals surface area contributed by atoms with Crippen LogP contribution in [0.4, 0.5) is 4.39 Å². The van der Waals surface area contributed by atoms with Crippen LogP contribution in [0.5, 0.6) is 5.88 Å². The van der Waals surface area contributed by atoms with E-state index in [1.807, 2.05) is 0 Å². The average molecular weight is 287 g/mol. The molecule has 0 aromatic carbocycles. The maximum atomic E-state index is 12.5. The second kappa shape index (κ2) is 6.40. The van der Waals surface area contributed by atoms with Crippen molar-refractivity contribution < 1.29 is 24.4 Å². The highest BCUT2D eigenvalue weighted by Gasteiger charge is 2.41. The number of hydrogen-bond donors (Lipinski definition) is 3. The second-order valence-corrected chi connectivity index (χ2v) is 4.81. The zero-order valence-corrected chi connectivity index (χ0v) is 11.1. The lowest BCUT2D eigenvalue weighted by atomic mass is 9.95. The minimum atomic E-state index is -1.17. The van der Waals surface area contributed by atoms with Crippen LogP contribution in [0.25, 0.3) is 0 Å².